The van der Waals surface area contributed by atoms with Gasteiger partial charge in [-0.2, -0.15) is 0 Å². The second kappa shape index (κ2) is 7.22. The van der Waals surface area contributed by atoms with Gasteiger partial charge in [0.15, 0.2) is 0 Å². The number of nitro groups is 1. The summed E-state index contributed by atoms with van der Waals surface area (Å²) >= 11 is 0. The molecule has 1 rings (SSSR count). The molecule has 2 N–H and O–H groups in total. The highest BCUT2D eigenvalue weighted by molar-refractivity contribution is 5.80. The van der Waals surface area contributed by atoms with E-state index in [1.165, 1.54) is 18.2 Å². The highest BCUT2D eigenvalue weighted by Gasteiger charge is 2.16. The van der Waals surface area contributed by atoms with Crippen LogP contribution in [0.4, 0.5) is 5.69 Å². The summed E-state index contributed by atoms with van der Waals surface area (Å²) in [5.74, 6) is -1.29. The predicted octanol–water partition coefficient (Wildman–Crippen LogP) is 1.51. The van der Waals surface area contributed by atoms with Crippen LogP contribution in [0.25, 0.3) is 0 Å². The van der Waals surface area contributed by atoms with E-state index in [0.29, 0.717) is 12.0 Å². The van der Waals surface area contributed by atoms with Crippen molar-refractivity contribution in [1.82, 2.24) is 5.32 Å². The van der Waals surface area contributed by atoms with E-state index in [2.05, 4.69) is 5.32 Å². The summed E-state index contributed by atoms with van der Waals surface area (Å²) in [6.45, 7) is 1.69. The first-order valence-corrected chi connectivity index (χ1v) is 6.13. The molecule has 0 fully saturated rings. The van der Waals surface area contributed by atoms with Crippen LogP contribution in [-0.4, -0.2) is 27.9 Å². The average molecular weight is 280 g/mol. The Morgan fingerprint density at radius 3 is 2.65 bits per heavy atom. The molecule has 108 valence electrons. The molecule has 7 heteroatoms. The monoisotopic (exact) mass is 280 g/mol. The number of carbonyl (C=O) groups excluding carboxylic acids is 1. The Bertz CT molecular complexity index is 515. The summed E-state index contributed by atoms with van der Waals surface area (Å²) in [5, 5.41) is 22.0. The largest absolute Gasteiger partial charge is 0.481 e. The number of carboxylic acids is 1. The van der Waals surface area contributed by atoms with Crippen molar-refractivity contribution in [3.8, 4) is 0 Å². The molecule has 7 nitrogen and oxygen atoms in total. The van der Waals surface area contributed by atoms with Gasteiger partial charge in [0.1, 0.15) is 0 Å². The van der Waals surface area contributed by atoms with Gasteiger partial charge in [-0.1, -0.05) is 18.2 Å². The molecule has 0 saturated heterocycles. The second-order valence-corrected chi connectivity index (χ2v) is 4.46. The Morgan fingerprint density at radius 1 is 1.40 bits per heavy atom. The highest BCUT2D eigenvalue weighted by atomic mass is 16.6. The number of nitrogens with one attached hydrogen (secondary N) is 1. The molecule has 0 saturated carbocycles. The quantitative estimate of drug-likeness (QED) is 0.581. The average Bonchev–Trinajstić information content (AvgIpc) is 2.36. The first-order valence-electron chi connectivity index (χ1n) is 6.13. The number of benzene rings is 1. The van der Waals surface area contributed by atoms with Gasteiger partial charge in [0, 0.05) is 24.1 Å². The lowest BCUT2D eigenvalue weighted by atomic mass is 10.1. The van der Waals surface area contributed by atoms with Crippen LogP contribution in [0.15, 0.2) is 24.3 Å². The van der Waals surface area contributed by atoms with E-state index in [9.17, 15) is 19.7 Å². The van der Waals surface area contributed by atoms with Gasteiger partial charge in [-0.15, -0.1) is 0 Å². The molecule has 1 aromatic rings. The highest BCUT2D eigenvalue weighted by Crippen LogP contribution is 2.18. The molecule has 1 atom stereocenters. The third kappa shape index (κ3) is 5.05. The van der Waals surface area contributed by atoms with Crippen LogP contribution < -0.4 is 5.32 Å². The van der Waals surface area contributed by atoms with Gasteiger partial charge < -0.3 is 10.4 Å². The summed E-state index contributed by atoms with van der Waals surface area (Å²) in [4.78, 5) is 32.5. The van der Waals surface area contributed by atoms with E-state index in [1.807, 2.05) is 0 Å². The molecule has 0 aliphatic heterocycles. The fourth-order valence-electron chi connectivity index (χ4n) is 1.75. The molecule has 0 aliphatic carbocycles. The predicted molar refractivity (Wildman–Crippen MR) is 71.3 cm³/mol. The maximum absolute atomic E-state index is 11.8. The summed E-state index contributed by atoms with van der Waals surface area (Å²) in [6, 6.07) is 5.75. The Hall–Kier alpha value is -2.44. The molecule has 1 unspecified atom stereocenters. The van der Waals surface area contributed by atoms with Crippen LogP contribution in [0.3, 0.4) is 0 Å². The third-order valence-corrected chi connectivity index (χ3v) is 2.74. The molecule has 0 aliphatic rings. The summed E-state index contributed by atoms with van der Waals surface area (Å²) in [7, 11) is 0. The van der Waals surface area contributed by atoms with E-state index in [1.54, 1.807) is 13.0 Å². The maximum Gasteiger partial charge on any atom is 0.303 e. The fraction of sp³-hybridized carbons (Fsp3) is 0.385. The number of nitro benzene ring substituents is 1. The van der Waals surface area contributed by atoms with Gasteiger partial charge in [-0.05, 0) is 13.3 Å². The summed E-state index contributed by atoms with van der Waals surface area (Å²) in [5.41, 5.74) is 0.237. The molecule has 20 heavy (non-hydrogen) atoms. The van der Waals surface area contributed by atoms with Crippen LogP contribution in [0.2, 0.25) is 0 Å². The number of hydrogen-bond donors (Lipinski definition) is 2. The third-order valence-electron chi connectivity index (χ3n) is 2.74. The van der Waals surface area contributed by atoms with Crippen LogP contribution in [0.5, 0.6) is 0 Å². The Labute approximate surface area is 115 Å². The minimum absolute atomic E-state index is 0.0348. The zero-order chi connectivity index (χ0) is 15.1. The second-order valence-electron chi connectivity index (χ2n) is 4.46. The number of aliphatic carboxylic acids is 1. The van der Waals surface area contributed by atoms with Crippen LogP contribution in [-0.2, 0) is 16.0 Å². The first kappa shape index (κ1) is 15.6. The molecule has 0 radical (unpaired) electrons. The standard InChI is InChI=1S/C13H16N2O5/c1-9(6-7-13(17)18)14-12(16)8-10-4-2-3-5-11(10)15(19)20/h2-5,9H,6-8H2,1H3,(H,14,16)(H,17,18). The lowest BCUT2D eigenvalue weighted by Gasteiger charge is -2.12. The van der Waals surface area contributed by atoms with Gasteiger partial charge in [-0.3, -0.25) is 19.7 Å². The maximum atomic E-state index is 11.8. The molecule has 0 bridgehead atoms. The van der Waals surface area contributed by atoms with Gasteiger partial charge in [-0.25, -0.2) is 0 Å². The van der Waals surface area contributed by atoms with Crippen molar-refractivity contribution < 1.29 is 19.6 Å². The molecule has 1 amide bonds. The van der Waals surface area contributed by atoms with Crippen molar-refractivity contribution in [1.29, 1.82) is 0 Å². The van der Waals surface area contributed by atoms with Crippen molar-refractivity contribution >= 4 is 17.6 Å². The number of amides is 1. The van der Waals surface area contributed by atoms with E-state index < -0.39 is 10.9 Å². The molecule has 0 heterocycles. The topological polar surface area (TPSA) is 110 Å². The lowest BCUT2D eigenvalue weighted by molar-refractivity contribution is -0.385. The summed E-state index contributed by atoms with van der Waals surface area (Å²) < 4.78 is 0. The van der Waals surface area contributed by atoms with E-state index >= 15 is 0 Å². The molecule has 0 aromatic heterocycles. The fourth-order valence-corrected chi connectivity index (χ4v) is 1.75. The van der Waals surface area contributed by atoms with Gasteiger partial charge in [0.2, 0.25) is 5.91 Å². The number of carboxylic acid groups (broad SMARTS) is 1. The number of rotatable bonds is 7. The van der Waals surface area contributed by atoms with Crippen LogP contribution in [0.1, 0.15) is 25.3 Å². The van der Waals surface area contributed by atoms with Crippen molar-refractivity contribution in [3.05, 3.63) is 39.9 Å². The minimum atomic E-state index is -0.926. The van der Waals surface area contributed by atoms with Gasteiger partial charge >= 0.3 is 5.97 Å². The molecular formula is C13H16N2O5. The van der Waals surface area contributed by atoms with Crippen LogP contribution >= 0.6 is 0 Å². The Kier molecular flexibility index (Phi) is 5.64. The SMILES string of the molecule is CC(CCC(=O)O)NC(=O)Cc1ccccc1[N+](=O)[O-]. The first-order chi connectivity index (χ1) is 9.40. The van der Waals surface area contributed by atoms with Crippen molar-refractivity contribution in [3.63, 3.8) is 0 Å². The van der Waals surface area contributed by atoms with Crippen LogP contribution in [0, 0.1) is 10.1 Å². The molecular weight excluding hydrogens is 264 g/mol. The minimum Gasteiger partial charge on any atom is -0.481 e. The van der Waals surface area contributed by atoms with Crippen molar-refractivity contribution in [2.45, 2.75) is 32.2 Å². The smallest absolute Gasteiger partial charge is 0.303 e. The number of carbonyl (C=O) groups is 2. The van der Waals surface area contributed by atoms with E-state index in [-0.39, 0.29) is 30.5 Å². The zero-order valence-electron chi connectivity index (χ0n) is 11.0. The molecule has 1 aromatic carbocycles. The zero-order valence-corrected chi connectivity index (χ0v) is 11.0. The number of hydrogen-bond acceptors (Lipinski definition) is 4. The van der Waals surface area contributed by atoms with Gasteiger partial charge in [0.25, 0.3) is 5.69 Å². The van der Waals surface area contributed by atoms with E-state index in [4.69, 9.17) is 5.11 Å². The molecule has 0 spiro atoms. The Balaban J connectivity index is 2.58. The normalized spacial score (nSPS) is 11.7. The van der Waals surface area contributed by atoms with E-state index in [0.717, 1.165) is 0 Å². The van der Waals surface area contributed by atoms with Crippen molar-refractivity contribution in [2.24, 2.45) is 0 Å². The number of para-hydroxylation sites is 1. The number of nitrogens with zero attached hydrogens (tertiary/aromatic N) is 1. The van der Waals surface area contributed by atoms with Gasteiger partial charge in [0.05, 0.1) is 11.3 Å². The lowest BCUT2D eigenvalue weighted by Crippen LogP contribution is -2.34. The summed E-state index contributed by atoms with van der Waals surface area (Å²) in [6.07, 6.45) is 0.180. The van der Waals surface area contributed by atoms with Crippen molar-refractivity contribution in [2.75, 3.05) is 0 Å². The Morgan fingerprint density at radius 2 is 2.05 bits per heavy atom.